The number of likely N-dealkylation sites (tertiary alicyclic amines) is 1. The first-order valence-corrected chi connectivity index (χ1v) is 12.3. The minimum atomic E-state index is -0.424. The number of hydrogen-bond acceptors (Lipinski definition) is 4. The molecule has 0 unspecified atom stereocenters. The third kappa shape index (κ3) is 6.92. The van der Waals surface area contributed by atoms with Crippen molar-refractivity contribution in [2.45, 2.75) is 81.8 Å². The Hall–Kier alpha value is -1.20. The van der Waals surface area contributed by atoms with Crippen molar-refractivity contribution < 1.29 is 14.3 Å². The summed E-state index contributed by atoms with van der Waals surface area (Å²) in [6, 6.07) is 9.09. The van der Waals surface area contributed by atoms with E-state index in [0.717, 1.165) is 45.4 Å². The Bertz CT molecular complexity index is 639. The molecular weight excluding hydrogens is 382 g/mol. The van der Waals surface area contributed by atoms with E-state index >= 15 is 0 Å². The number of ether oxygens (including phenoxy) is 2. The molecule has 0 N–H and O–H groups in total. The Morgan fingerprint density at radius 3 is 2.21 bits per heavy atom. The van der Waals surface area contributed by atoms with E-state index in [4.69, 9.17) is 9.47 Å². The fraction of sp³-hybridized carbons (Fsp3) is 0.708. The molecule has 2 aliphatic rings. The highest BCUT2D eigenvalue weighted by Crippen LogP contribution is 2.35. The number of hydrogen-bond donors (Lipinski definition) is 0. The van der Waals surface area contributed by atoms with E-state index < -0.39 is 5.60 Å². The summed E-state index contributed by atoms with van der Waals surface area (Å²) in [6.07, 6.45) is 9.13. The van der Waals surface area contributed by atoms with Crippen LogP contribution >= 0.6 is 11.8 Å². The molecule has 4 nitrogen and oxygen atoms in total. The number of thioether (sulfide) groups is 1. The average Bonchev–Trinajstić information content (AvgIpc) is 2.72. The van der Waals surface area contributed by atoms with Gasteiger partial charge in [0.15, 0.2) is 0 Å². The Morgan fingerprint density at radius 1 is 1.03 bits per heavy atom. The van der Waals surface area contributed by atoms with Gasteiger partial charge in [0.25, 0.3) is 0 Å². The molecule has 162 valence electrons. The Balaban J connectivity index is 1.34. The largest absolute Gasteiger partial charge is 0.444 e. The predicted octanol–water partition coefficient (Wildman–Crippen LogP) is 6.10. The molecule has 5 heteroatoms. The summed E-state index contributed by atoms with van der Waals surface area (Å²) in [5.41, 5.74) is 1.06. The highest BCUT2D eigenvalue weighted by molar-refractivity contribution is 7.98. The molecule has 1 aliphatic carbocycles. The van der Waals surface area contributed by atoms with Crippen LogP contribution < -0.4 is 0 Å². The van der Waals surface area contributed by atoms with Crippen LogP contribution in [0.4, 0.5) is 4.79 Å². The van der Waals surface area contributed by atoms with Crippen LogP contribution in [0.15, 0.2) is 29.2 Å². The number of carbonyl (C=O) groups is 1. The zero-order chi connectivity index (χ0) is 20.9. The van der Waals surface area contributed by atoms with Gasteiger partial charge in [0.2, 0.25) is 0 Å². The lowest BCUT2D eigenvalue weighted by Crippen LogP contribution is -2.42. The topological polar surface area (TPSA) is 38.8 Å². The smallest absolute Gasteiger partial charge is 0.410 e. The summed E-state index contributed by atoms with van der Waals surface area (Å²) >= 11 is 1.80. The van der Waals surface area contributed by atoms with Crippen molar-refractivity contribution in [3.63, 3.8) is 0 Å². The number of rotatable bonds is 5. The fourth-order valence-electron chi connectivity index (χ4n) is 4.32. The average molecular weight is 420 g/mol. The molecule has 1 saturated heterocycles. The Kier molecular flexibility index (Phi) is 7.92. The van der Waals surface area contributed by atoms with Gasteiger partial charge in [0, 0.05) is 24.6 Å². The van der Waals surface area contributed by atoms with E-state index in [2.05, 4.69) is 30.5 Å². The normalized spacial score (nSPS) is 23.8. The summed E-state index contributed by atoms with van der Waals surface area (Å²) in [7, 11) is 0. The van der Waals surface area contributed by atoms with Crippen molar-refractivity contribution in [3.05, 3.63) is 29.8 Å². The lowest BCUT2D eigenvalue weighted by Gasteiger charge is -2.34. The summed E-state index contributed by atoms with van der Waals surface area (Å²) in [5, 5.41) is 0. The zero-order valence-corrected chi connectivity index (χ0v) is 19.3. The number of carbonyl (C=O) groups excluding carboxylic acids is 1. The van der Waals surface area contributed by atoms with Gasteiger partial charge in [-0.15, -0.1) is 11.8 Å². The molecule has 0 spiro atoms. The molecular formula is C24H37NO3S. The number of nitrogens with zero attached hydrogens (tertiary/aromatic N) is 1. The molecule has 1 aromatic rings. The van der Waals surface area contributed by atoms with Gasteiger partial charge in [0.05, 0.1) is 6.10 Å². The van der Waals surface area contributed by atoms with Crippen LogP contribution in [0.5, 0.6) is 0 Å². The van der Waals surface area contributed by atoms with Gasteiger partial charge in [-0.1, -0.05) is 12.1 Å². The van der Waals surface area contributed by atoms with Crippen LogP contribution in [0.25, 0.3) is 0 Å². The molecule has 1 aromatic carbocycles. The molecule has 0 atom stereocenters. The zero-order valence-electron chi connectivity index (χ0n) is 18.5. The highest BCUT2D eigenvalue weighted by atomic mass is 32.2. The van der Waals surface area contributed by atoms with Crippen LogP contribution in [-0.4, -0.2) is 48.7 Å². The summed E-state index contributed by atoms with van der Waals surface area (Å²) < 4.78 is 11.8. The number of benzene rings is 1. The molecule has 0 aromatic heterocycles. The molecule has 3 rings (SSSR count). The van der Waals surface area contributed by atoms with Crippen molar-refractivity contribution in [3.8, 4) is 0 Å². The van der Waals surface area contributed by atoms with Gasteiger partial charge < -0.3 is 14.4 Å². The lowest BCUT2D eigenvalue weighted by molar-refractivity contribution is -0.0143. The number of piperidine rings is 1. The third-order valence-electron chi connectivity index (χ3n) is 6.10. The minimum absolute atomic E-state index is 0.180. The van der Waals surface area contributed by atoms with Crippen molar-refractivity contribution >= 4 is 17.9 Å². The maximum Gasteiger partial charge on any atom is 0.410 e. The Labute approximate surface area is 180 Å². The van der Waals surface area contributed by atoms with E-state index in [0.29, 0.717) is 17.9 Å². The summed E-state index contributed by atoms with van der Waals surface area (Å²) in [5.74, 6) is 1.24. The third-order valence-corrected chi connectivity index (χ3v) is 6.84. The van der Waals surface area contributed by atoms with Gasteiger partial charge in [0.1, 0.15) is 5.60 Å². The molecule has 29 heavy (non-hydrogen) atoms. The molecule has 1 heterocycles. The molecule has 0 bridgehead atoms. The van der Waals surface area contributed by atoms with Gasteiger partial charge in [-0.25, -0.2) is 4.79 Å². The van der Waals surface area contributed by atoms with Gasteiger partial charge >= 0.3 is 6.09 Å². The Morgan fingerprint density at radius 2 is 1.66 bits per heavy atom. The van der Waals surface area contributed by atoms with Crippen LogP contribution in [-0.2, 0) is 9.47 Å². The van der Waals surface area contributed by atoms with E-state index in [9.17, 15) is 4.79 Å². The first-order chi connectivity index (χ1) is 13.8. The van der Waals surface area contributed by atoms with Gasteiger partial charge in [-0.3, -0.25) is 0 Å². The quantitative estimate of drug-likeness (QED) is 0.541. The SMILES string of the molecule is CSc1ccc([C@H]2CC[C@@H](OCC3CCN(C(=O)OC(C)(C)C)CC3)CC2)cc1. The molecule has 1 amide bonds. The fourth-order valence-corrected chi connectivity index (χ4v) is 4.73. The van der Waals surface area contributed by atoms with Crippen LogP contribution in [0.3, 0.4) is 0 Å². The molecule has 2 fully saturated rings. The van der Waals surface area contributed by atoms with E-state index in [1.54, 1.807) is 11.8 Å². The standard InChI is InChI=1S/C24H37NO3S/c1-24(2,3)28-23(26)25-15-13-18(14-16-25)17-27-21-9-5-19(6-10-21)20-7-11-22(29-4)12-8-20/h7-8,11-12,18-19,21H,5-6,9-10,13-17H2,1-4H3/t19-,21+. The van der Waals surface area contributed by atoms with Gasteiger partial charge in [-0.2, -0.15) is 0 Å². The van der Waals surface area contributed by atoms with Crippen LogP contribution in [0.1, 0.15) is 70.8 Å². The number of amides is 1. The van der Waals surface area contributed by atoms with E-state index in [1.807, 2.05) is 25.7 Å². The maximum atomic E-state index is 12.2. The van der Waals surface area contributed by atoms with E-state index in [-0.39, 0.29) is 6.09 Å². The second kappa shape index (κ2) is 10.2. The van der Waals surface area contributed by atoms with Crippen LogP contribution in [0.2, 0.25) is 0 Å². The lowest BCUT2D eigenvalue weighted by atomic mass is 9.82. The summed E-state index contributed by atoms with van der Waals surface area (Å²) in [6.45, 7) is 8.14. The minimum Gasteiger partial charge on any atom is -0.444 e. The second-order valence-corrected chi connectivity index (χ2v) is 10.4. The van der Waals surface area contributed by atoms with Gasteiger partial charge in [-0.05, 0) is 95.1 Å². The second-order valence-electron chi connectivity index (χ2n) is 9.49. The van der Waals surface area contributed by atoms with Crippen molar-refractivity contribution in [1.29, 1.82) is 0 Å². The maximum absolute atomic E-state index is 12.2. The van der Waals surface area contributed by atoms with Crippen molar-refractivity contribution in [1.82, 2.24) is 4.90 Å². The first-order valence-electron chi connectivity index (χ1n) is 11.1. The van der Waals surface area contributed by atoms with Crippen molar-refractivity contribution in [2.24, 2.45) is 5.92 Å². The highest BCUT2D eigenvalue weighted by Gasteiger charge is 2.28. The first kappa shape index (κ1) is 22.5. The summed E-state index contributed by atoms with van der Waals surface area (Å²) in [4.78, 5) is 15.4. The predicted molar refractivity (Wildman–Crippen MR) is 120 cm³/mol. The van der Waals surface area contributed by atoms with E-state index in [1.165, 1.54) is 23.3 Å². The molecule has 1 saturated carbocycles. The monoisotopic (exact) mass is 419 g/mol. The van der Waals surface area contributed by atoms with Crippen molar-refractivity contribution in [2.75, 3.05) is 26.0 Å². The molecule has 0 radical (unpaired) electrons. The van der Waals surface area contributed by atoms with Crippen LogP contribution in [0, 0.1) is 5.92 Å². The molecule has 1 aliphatic heterocycles.